The van der Waals surface area contributed by atoms with Crippen LogP contribution in [0.3, 0.4) is 0 Å². The number of anilines is 1. The quantitative estimate of drug-likeness (QED) is 0.193. The zero-order valence-corrected chi connectivity index (χ0v) is 20.8. The van der Waals surface area contributed by atoms with Crippen LogP contribution in [0.2, 0.25) is 0 Å². The molecule has 38 heavy (non-hydrogen) atoms. The Labute approximate surface area is 218 Å². The number of halogens is 4. The van der Waals surface area contributed by atoms with Crippen LogP contribution in [0.5, 0.6) is 11.5 Å². The molecule has 0 saturated carbocycles. The highest BCUT2D eigenvalue weighted by molar-refractivity contribution is 5.48. The molecule has 4 rings (SSSR count). The van der Waals surface area contributed by atoms with Crippen LogP contribution in [-0.2, 0) is 6.42 Å². The normalized spacial score (nSPS) is 12.8. The van der Waals surface area contributed by atoms with Crippen molar-refractivity contribution in [3.8, 4) is 11.5 Å². The molecule has 0 bridgehead atoms. The second-order valence-electron chi connectivity index (χ2n) is 8.72. The molecule has 0 radical (unpaired) electrons. The van der Waals surface area contributed by atoms with Gasteiger partial charge < -0.3 is 14.4 Å². The van der Waals surface area contributed by atoms with Gasteiger partial charge in [0.1, 0.15) is 5.82 Å². The third kappa shape index (κ3) is 6.79. The number of rotatable bonds is 11. The topological polar surface area (TPSA) is 47.5 Å². The first-order chi connectivity index (χ1) is 18.3. The fourth-order valence-corrected chi connectivity index (χ4v) is 4.27. The van der Waals surface area contributed by atoms with Gasteiger partial charge in [0.2, 0.25) is 0 Å². The van der Waals surface area contributed by atoms with E-state index in [1.807, 2.05) is 49.5 Å². The van der Waals surface area contributed by atoms with Gasteiger partial charge in [-0.1, -0.05) is 42.5 Å². The summed E-state index contributed by atoms with van der Waals surface area (Å²) in [6, 6.07) is 21.8. The number of alkyl halides is 4. The molecule has 2 heterocycles. The number of hydrogen-bond acceptors (Lipinski definition) is 5. The van der Waals surface area contributed by atoms with Crippen LogP contribution in [0.25, 0.3) is 0 Å². The third-order valence-corrected chi connectivity index (χ3v) is 6.39. The summed E-state index contributed by atoms with van der Waals surface area (Å²) >= 11 is 0. The van der Waals surface area contributed by atoms with E-state index in [0.717, 1.165) is 22.5 Å². The van der Waals surface area contributed by atoms with Crippen molar-refractivity contribution in [3.63, 3.8) is 0 Å². The van der Waals surface area contributed by atoms with Gasteiger partial charge >= 0.3 is 13.2 Å². The maximum Gasteiger partial charge on any atom is 0.387 e. The number of pyridine rings is 2. The predicted octanol–water partition coefficient (Wildman–Crippen LogP) is 7.25. The summed E-state index contributed by atoms with van der Waals surface area (Å²) in [5.41, 5.74) is 3.50. The average Bonchev–Trinajstić information content (AvgIpc) is 2.92. The number of hydrogen-bond donors (Lipinski definition) is 0. The number of nitrogens with zero attached hydrogens (tertiary/aromatic N) is 3. The number of ether oxygens (including phenoxy) is 2. The first kappa shape index (κ1) is 26.9. The van der Waals surface area contributed by atoms with Gasteiger partial charge in [0.15, 0.2) is 11.5 Å². The Hall–Kier alpha value is -4.14. The first-order valence-corrected chi connectivity index (χ1v) is 12.0. The zero-order valence-electron chi connectivity index (χ0n) is 20.8. The molecule has 198 valence electrons. The average molecular weight is 526 g/mol. The lowest BCUT2D eigenvalue weighted by molar-refractivity contribution is -0.0692. The highest BCUT2D eigenvalue weighted by atomic mass is 19.3. The van der Waals surface area contributed by atoms with E-state index in [1.54, 1.807) is 24.7 Å². The first-order valence-electron chi connectivity index (χ1n) is 12.0. The van der Waals surface area contributed by atoms with Crippen molar-refractivity contribution >= 4 is 5.82 Å². The van der Waals surface area contributed by atoms with E-state index in [4.69, 9.17) is 0 Å². The smallest absolute Gasteiger partial charge is 0.387 e. The van der Waals surface area contributed by atoms with Crippen molar-refractivity contribution in [1.29, 1.82) is 0 Å². The number of aromatic nitrogens is 2. The van der Waals surface area contributed by atoms with Crippen molar-refractivity contribution in [1.82, 2.24) is 9.97 Å². The largest absolute Gasteiger partial charge is 0.431 e. The molecule has 9 heteroatoms. The lowest BCUT2D eigenvalue weighted by atomic mass is 9.86. The molecule has 0 N–H and O–H groups in total. The van der Waals surface area contributed by atoms with Gasteiger partial charge in [0.05, 0.1) is 6.04 Å². The molecule has 4 aromatic rings. The van der Waals surface area contributed by atoms with Crippen LogP contribution in [0.4, 0.5) is 23.4 Å². The van der Waals surface area contributed by atoms with E-state index >= 15 is 0 Å². The minimum atomic E-state index is -3.20. The molecule has 0 aliphatic heterocycles. The molecule has 5 nitrogen and oxygen atoms in total. The van der Waals surface area contributed by atoms with Crippen molar-refractivity contribution in [2.45, 2.75) is 38.5 Å². The number of benzene rings is 2. The van der Waals surface area contributed by atoms with Gasteiger partial charge in [-0.25, -0.2) is 4.98 Å². The molecular weight excluding hydrogens is 498 g/mol. The van der Waals surface area contributed by atoms with E-state index in [2.05, 4.69) is 43.4 Å². The minimum Gasteiger partial charge on any atom is -0.431 e. The second-order valence-corrected chi connectivity index (χ2v) is 8.72. The Morgan fingerprint density at radius 2 is 1.42 bits per heavy atom. The molecule has 0 fully saturated rings. The van der Waals surface area contributed by atoms with Crippen molar-refractivity contribution < 1.29 is 27.0 Å². The standard InChI is InChI=1S/C29H27F4N3O2/c1-19(21-6-4-3-5-7-21)36(2)27-11-9-23(18-35-27)24(16-20-12-14-34-15-13-20)22-8-10-25(37-28(30)31)26(17-22)38-29(32)33/h3-15,17-19,24,28-29H,16H2,1-2H3/t19-,24?/m0/s1. The summed E-state index contributed by atoms with van der Waals surface area (Å²) in [6.07, 6.45) is 5.56. The lowest BCUT2D eigenvalue weighted by Gasteiger charge is -2.27. The van der Waals surface area contributed by atoms with Crippen LogP contribution in [0.15, 0.2) is 91.4 Å². The zero-order chi connectivity index (χ0) is 27.1. The van der Waals surface area contributed by atoms with Gasteiger partial charge in [-0.2, -0.15) is 17.6 Å². The molecular formula is C29H27F4N3O2. The minimum absolute atomic E-state index is 0.0820. The van der Waals surface area contributed by atoms with Crippen LogP contribution in [-0.4, -0.2) is 30.2 Å². The summed E-state index contributed by atoms with van der Waals surface area (Å²) in [5.74, 6) is -0.498. The predicted molar refractivity (Wildman–Crippen MR) is 137 cm³/mol. The Morgan fingerprint density at radius 3 is 2.05 bits per heavy atom. The monoisotopic (exact) mass is 525 g/mol. The Bertz CT molecular complexity index is 1290. The third-order valence-electron chi connectivity index (χ3n) is 6.39. The van der Waals surface area contributed by atoms with E-state index < -0.39 is 24.7 Å². The molecule has 0 aliphatic carbocycles. The van der Waals surface area contributed by atoms with Gasteiger partial charge in [-0.15, -0.1) is 0 Å². The SMILES string of the molecule is C[C@@H](c1ccccc1)N(C)c1ccc(C(Cc2ccncc2)c2ccc(OC(F)F)c(OC(F)F)c2)cn1. The molecule has 2 aromatic heterocycles. The molecule has 0 saturated heterocycles. The maximum atomic E-state index is 13.1. The van der Waals surface area contributed by atoms with Gasteiger partial charge in [-0.3, -0.25) is 4.98 Å². The second kappa shape index (κ2) is 12.4. The molecule has 0 amide bonds. The van der Waals surface area contributed by atoms with Crippen molar-refractivity contribution in [3.05, 3.63) is 114 Å². The molecule has 2 atom stereocenters. The summed E-state index contributed by atoms with van der Waals surface area (Å²) in [5, 5.41) is 0. The highest BCUT2D eigenvalue weighted by Gasteiger charge is 2.22. The fraction of sp³-hybridized carbons (Fsp3) is 0.241. The van der Waals surface area contributed by atoms with E-state index in [0.29, 0.717) is 12.0 Å². The Kier molecular flexibility index (Phi) is 8.78. The van der Waals surface area contributed by atoms with Crippen LogP contribution >= 0.6 is 0 Å². The summed E-state index contributed by atoms with van der Waals surface area (Å²) in [4.78, 5) is 10.8. The Morgan fingerprint density at radius 1 is 0.763 bits per heavy atom. The van der Waals surface area contributed by atoms with Gasteiger partial charge in [0, 0.05) is 31.6 Å². The molecule has 2 aromatic carbocycles. The molecule has 1 unspecified atom stereocenters. The lowest BCUT2D eigenvalue weighted by Crippen LogP contribution is -2.22. The highest BCUT2D eigenvalue weighted by Crippen LogP contribution is 2.37. The van der Waals surface area contributed by atoms with E-state index in [1.165, 1.54) is 12.1 Å². The summed E-state index contributed by atoms with van der Waals surface area (Å²) in [7, 11) is 1.96. The van der Waals surface area contributed by atoms with E-state index in [9.17, 15) is 17.6 Å². The van der Waals surface area contributed by atoms with Crippen molar-refractivity contribution in [2.75, 3.05) is 11.9 Å². The van der Waals surface area contributed by atoms with E-state index in [-0.39, 0.29) is 12.0 Å². The maximum absolute atomic E-state index is 13.1. The van der Waals surface area contributed by atoms with Crippen LogP contribution in [0.1, 0.15) is 41.1 Å². The molecule has 0 spiro atoms. The van der Waals surface area contributed by atoms with Crippen molar-refractivity contribution in [2.24, 2.45) is 0 Å². The van der Waals surface area contributed by atoms with Gasteiger partial charge in [-0.05, 0) is 65.9 Å². The summed E-state index contributed by atoms with van der Waals surface area (Å²) in [6.45, 7) is -4.29. The summed E-state index contributed by atoms with van der Waals surface area (Å²) < 4.78 is 60.7. The fourth-order valence-electron chi connectivity index (χ4n) is 4.27. The van der Waals surface area contributed by atoms with Crippen LogP contribution < -0.4 is 14.4 Å². The van der Waals surface area contributed by atoms with Gasteiger partial charge in [0.25, 0.3) is 0 Å². The Balaban J connectivity index is 1.67. The molecule has 0 aliphatic rings. The van der Waals surface area contributed by atoms with Crippen LogP contribution in [0, 0.1) is 0 Å².